The van der Waals surface area contributed by atoms with Gasteiger partial charge in [0.1, 0.15) is 12.2 Å². The van der Waals surface area contributed by atoms with Crippen molar-refractivity contribution in [3.8, 4) is 0 Å². The maximum Gasteiger partial charge on any atom is 0.324 e. The van der Waals surface area contributed by atoms with Crippen LogP contribution < -0.4 is 11.1 Å². The molecule has 11 heteroatoms. The van der Waals surface area contributed by atoms with Crippen molar-refractivity contribution in [3.63, 3.8) is 0 Å². The van der Waals surface area contributed by atoms with E-state index in [0.29, 0.717) is 6.42 Å². The molecular weight excluding hydrogens is 333 g/mol. The molecule has 1 saturated heterocycles. The third kappa shape index (κ3) is 3.66. The molecule has 0 aromatic rings. The van der Waals surface area contributed by atoms with Crippen LogP contribution in [0.2, 0.25) is 0 Å². The minimum absolute atomic E-state index is 0.332. The molecule has 1 amide bonds. The number of ether oxygens (including phenoxy) is 1. The fourth-order valence-electron chi connectivity index (χ4n) is 2.38. The first-order valence-electron chi connectivity index (χ1n) is 6.71. The van der Waals surface area contributed by atoms with Gasteiger partial charge in [0.25, 0.3) is 0 Å². The van der Waals surface area contributed by atoms with E-state index < -0.39 is 37.5 Å². The molecule has 2 heterocycles. The number of hydrogen-bond donors (Lipinski definition) is 4. The van der Waals surface area contributed by atoms with Gasteiger partial charge < -0.3 is 29.5 Å². The fraction of sp³-hybridized carbons (Fsp3) is 0.727. The van der Waals surface area contributed by atoms with Gasteiger partial charge in [-0.3, -0.25) is 15.1 Å². The van der Waals surface area contributed by atoms with Crippen molar-refractivity contribution in [3.05, 3.63) is 12.3 Å². The molecule has 0 bridgehead atoms. The maximum atomic E-state index is 11.2. The van der Waals surface area contributed by atoms with Gasteiger partial charge in [-0.2, -0.15) is 0 Å². The summed E-state index contributed by atoms with van der Waals surface area (Å²) in [5.74, 6) is -0.332. The highest BCUT2D eigenvalue weighted by atomic mass is 32.5. The van der Waals surface area contributed by atoms with Crippen LogP contribution in [0, 0.1) is 0 Å². The SMILES string of the molecule is CC[C@H]1O[C@@H](N2C=CC(=O)NC2N)C(O)C1OP(O)(=S)OC. The van der Waals surface area contributed by atoms with Gasteiger partial charge in [-0.1, -0.05) is 6.92 Å². The van der Waals surface area contributed by atoms with Gasteiger partial charge in [-0.25, -0.2) is 0 Å². The van der Waals surface area contributed by atoms with E-state index in [9.17, 15) is 14.8 Å². The van der Waals surface area contributed by atoms with E-state index in [2.05, 4.69) is 5.32 Å². The first kappa shape index (κ1) is 17.8. The van der Waals surface area contributed by atoms with Crippen LogP contribution in [0.25, 0.3) is 0 Å². The Morgan fingerprint density at radius 1 is 1.64 bits per heavy atom. The lowest BCUT2D eigenvalue weighted by molar-refractivity contribution is -0.125. The van der Waals surface area contributed by atoms with Gasteiger partial charge in [0.2, 0.25) is 5.91 Å². The van der Waals surface area contributed by atoms with Crippen molar-refractivity contribution in [2.24, 2.45) is 5.73 Å². The molecule has 0 aromatic heterocycles. The van der Waals surface area contributed by atoms with Gasteiger partial charge in [0.05, 0.1) is 6.10 Å². The molecule has 9 nitrogen and oxygen atoms in total. The maximum absolute atomic E-state index is 11.2. The first-order chi connectivity index (χ1) is 10.3. The Kier molecular flexibility index (Phi) is 5.57. The quantitative estimate of drug-likeness (QED) is 0.456. The van der Waals surface area contributed by atoms with Crippen LogP contribution in [0.15, 0.2) is 12.3 Å². The Hall–Kier alpha value is -0.580. The number of nitrogens with one attached hydrogen (secondary N) is 1. The highest BCUT2D eigenvalue weighted by Crippen LogP contribution is 2.47. The fourth-order valence-corrected chi connectivity index (χ4v) is 3.33. The van der Waals surface area contributed by atoms with Crippen molar-refractivity contribution in [1.82, 2.24) is 10.2 Å². The third-order valence-electron chi connectivity index (χ3n) is 3.50. The zero-order valence-electron chi connectivity index (χ0n) is 12.2. The molecule has 0 aromatic carbocycles. The summed E-state index contributed by atoms with van der Waals surface area (Å²) >= 11 is 4.82. The van der Waals surface area contributed by atoms with Crippen molar-refractivity contribution in [2.75, 3.05) is 7.11 Å². The Bertz CT molecular complexity index is 506. The molecule has 6 atom stereocenters. The Balaban J connectivity index is 2.17. The Morgan fingerprint density at radius 2 is 2.32 bits per heavy atom. The number of nitrogens with two attached hydrogens (primary N) is 1. The smallest absolute Gasteiger partial charge is 0.324 e. The summed E-state index contributed by atoms with van der Waals surface area (Å²) in [4.78, 5) is 22.5. The lowest BCUT2D eigenvalue weighted by atomic mass is 10.1. The van der Waals surface area contributed by atoms with E-state index in [1.807, 2.05) is 6.92 Å². The van der Waals surface area contributed by atoms with Crippen LogP contribution in [0.3, 0.4) is 0 Å². The van der Waals surface area contributed by atoms with Crippen molar-refractivity contribution in [1.29, 1.82) is 0 Å². The topological polar surface area (TPSA) is 127 Å². The van der Waals surface area contributed by atoms with Gasteiger partial charge in [0, 0.05) is 19.4 Å². The molecule has 0 aliphatic carbocycles. The van der Waals surface area contributed by atoms with Crippen LogP contribution in [0.5, 0.6) is 0 Å². The number of carbonyl (C=O) groups excluding carboxylic acids is 1. The van der Waals surface area contributed by atoms with E-state index in [4.69, 9.17) is 31.3 Å². The lowest BCUT2D eigenvalue weighted by Gasteiger charge is -2.36. The number of aliphatic hydroxyl groups is 1. The second-order valence-electron chi connectivity index (χ2n) is 4.90. The number of aliphatic hydroxyl groups excluding tert-OH is 1. The van der Waals surface area contributed by atoms with Crippen LogP contribution in [-0.4, -0.2) is 58.7 Å². The Labute approximate surface area is 133 Å². The predicted octanol–water partition coefficient (Wildman–Crippen LogP) is -1.08. The molecular formula is C11H20N3O6PS. The van der Waals surface area contributed by atoms with Crippen LogP contribution >= 0.6 is 6.72 Å². The molecule has 0 spiro atoms. The van der Waals surface area contributed by atoms with E-state index in [-0.39, 0.29) is 5.91 Å². The number of carbonyl (C=O) groups is 1. The lowest BCUT2D eigenvalue weighted by Crippen LogP contribution is -2.59. The summed E-state index contributed by atoms with van der Waals surface area (Å²) < 4.78 is 15.8. The summed E-state index contributed by atoms with van der Waals surface area (Å²) in [5.41, 5.74) is 5.82. The van der Waals surface area contributed by atoms with Crippen molar-refractivity contribution < 1.29 is 28.6 Å². The largest absolute Gasteiger partial charge is 0.386 e. The van der Waals surface area contributed by atoms with Crippen molar-refractivity contribution >= 4 is 24.4 Å². The van der Waals surface area contributed by atoms with Gasteiger partial charge in [-0.05, 0) is 18.2 Å². The molecule has 2 aliphatic rings. The monoisotopic (exact) mass is 353 g/mol. The molecule has 0 saturated carbocycles. The summed E-state index contributed by atoms with van der Waals surface area (Å²) in [6.07, 6.45) is -0.914. The zero-order chi connectivity index (χ0) is 16.5. The minimum Gasteiger partial charge on any atom is -0.386 e. The van der Waals surface area contributed by atoms with Gasteiger partial charge >= 0.3 is 6.72 Å². The predicted molar refractivity (Wildman–Crippen MR) is 80.4 cm³/mol. The third-order valence-corrected chi connectivity index (χ3v) is 5.18. The molecule has 1 fully saturated rings. The summed E-state index contributed by atoms with van der Waals surface area (Å²) in [6.45, 7) is -1.60. The van der Waals surface area contributed by atoms with E-state index in [0.717, 1.165) is 0 Å². The molecule has 22 heavy (non-hydrogen) atoms. The molecule has 126 valence electrons. The first-order valence-corrected chi connectivity index (χ1v) is 9.30. The Morgan fingerprint density at radius 3 is 2.86 bits per heavy atom. The number of rotatable bonds is 5. The highest BCUT2D eigenvalue weighted by molar-refractivity contribution is 8.07. The standard InChI is InChI=1S/C11H20N3O6PS/c1-3-6-9(20-21(17,22)18-2)8(16)10(19-6)14-5-4-7(15)13-11(14)12/h4-6,8-11,16H,3,12H2,1-2H3,(H,13,15)(H,17,22)/t6-,8?,9?,10-,11?,21?/m1/s1. The summed E-state index contributed by atoms with van der Waals surface area (Å²) in [5, 5.41) is 12.9. The molecule has 5 N–H and O–H groups in total. The summed E-state index contributed by atoms with van der Waals surface area (Å²) in [7, 11) is 1.24. The molecule has 2 aliphatic heterocycles. The van der Waals surface area contributed by atoms with Gasteiger partial charge in [0.15, 0.2) is 12.5 Å². The van der Waals surface area contributed by atoms with Crippen LogP contribution in [0.1, 0.15) is 13.3 Å². The molecule has 4 unspecified atom stereocenters. The highest BCUT2D eigenvalue weighted by Gasteiger charge is 2.49. The number of nitrogens with zero attached hydrogens (tertiary/aromatic N) is 1. The number of hydrogen-bond acceptors (Lipinski definition) is 8. The minimum atomic E-state index is -3.45. The summed E-state index contributed by atoms with van der Waals surface area (Å²) in [6, 6.07) is 0. The second kappa shape index (κ2) is 6.90. The molecule has 2 rings (SSSR count). The van der Waals surface area contributed by atoms with Crippen LogP contribution in [0.4, 0.5) is 0 Å². The van der Waals surface area contributed by atoms with Crippen LogP contribution in [-0.2, 0) is 30.4 Å². The second-order valence-corrected chi connectivity index (χ2v) is 7.80. The number of amides is 1. The zero-order valence-corrected chi connectivity index (χ0v) is 13.9. The van der Waals surface area contributed by atoms with E-state index in [1.165, 1.54) is 24.3 Å². The normalized spacial score (nSPS) is 38.0. The average Bonchev–Trinajstić information content (AvgIpc) is 2.76. The van der Waals surface area contributed by atoms with E-state index in [1.54, 1.807) is 0 Å². The average molecular weight is 353 g/mol. The van der Waals surface area contributed by atoms with Gasteiger partial charge in [-0.15, -0.1) is 0 Å². The molecule has 0 radical (unpaired) electrons. The van der Waals surface area contributed by atoms with Crippen molar-refractivity contribution in [2.45, 2.75) is 44.2 Å². The van der Waals surface area contributed by atoms with E-state index >= 15 is 0 Å².